The SMILES string of the molecule is CCCO[C@@H](C)C(=O)C(C)(C)Oc1ccc2c(c1)/C(=C/c1[nH]c(C)c(C(=O)NCCN(CC)CC)c1C)C(=O)N2. The maximum absolute atomic E-state index is 13.0. The van der Waals surface area contributed by atoms with Crippen LogP contribution in [0.2, 0.25) is 0 Å². The van der Waals surface area contributed by atoms with Gasteiger partial charge >= 0.3 is 0 Å². The summed E-state index contributed by atoms with van der Waals surface area (Å²) in [5.74, 6) is -0.0818. The minimum Gasteiger partial charge on any atom is -0.480 e. The number of H-pyrrole nitrogens is 1. The molecule has 0 fully saturated rings. The third-order valence-corrected chi connectivity index (χ3v) is 7.28. The Bertz CT molecular complexity index is 1270. The Kier molecular flexibility index (Phi) is 10.3. The minimum absolute atomic E-state index is 0.140. The van der Waals surface area contributed by atoms with Crippen molar-refractivity contribution in [3.05, 3.63) is 46.3 Å². The monoisotopic (exact) mass is 552 g/mol. The quantitative estimate of drug-likeness (QED) is 0.292. The second-order valence-corrected chi connectivity index (χ2v) is 10.7. The highest BCUT2D eigenvalue weighted by Gasteiger charge is 2.35. The van der Waals surface area contributed by atoms with Gasteiger partial charge in [-0.15, -0.1) is 0 Å². The number of benzene rings is 1. The van der Waals surface area contributed by atoms with Crippen molar-refractivity contribution in [3.8, 4) is 5.75 Å². The number of hydrogen-bond acceptors (Lipinski definition) is 6. The van der Waals surface area contributed by atoms with E-state index in [-0.39, 0.29) is 17.6 Å². The summed E-state index contributed by atoms with van der Waals surface area (Å²) in [7, 11) is 0. The number of aromatic amines is 1. The van der Waals surface area contributed by atoms with Crippen molar-refractivity contribution in [1.82, 2.24) is 15.2 Å². The van der Waals surface area contributed by atoms with E-state index in [9.17, 15) is 14.4 Å². The van der Waals surface area contributed by atoms with E-state index < -0.39 is 11.7 Å². The number of ketones is 1. The summed E-state index contributed by atoms with van der Waals surface area (Å²) in [5.41, 5.74) is 3.42. The van der Waals surface area contributed by atoms with Crippen molar-refractivity contribution in [1.29, 1.82) is 0 Å². The molecular formula is C31H44N4O5. The molecule has 0 bridgehead atoms. The van der Waals surface area contributed by atoms with Crippen LogP contribution < -0.4 is 15.4 Å². The van der Waals surface area contributed by atoms with Crippen LogP contribution in [-0.4, -0.2) is 72.0 Å². The van der Waals surface area contributed by atoms with Gasteiger partial charge in [0.25, 0.3) is 11.8 Å². The molecular weight excluding hydrogens is 508 g/mol. The number of Topliss-reactive ketones (excluding diaryl/α,β-unsaturated/α-hetero) is 1. The number of amides is 2. The number of anilines is 1. The van der Waals surface area contributed by atoms with Crippen LogP contribution in [0, 0.1) is 13.8 Å². The summed E-state index contributed by atoms with van der Waals surface area (Å²) >= 11 is 0. The van der Waals surface area contributed by atoms with E-state index in [1.807, 2.05) is 20.8 Å². The molecule has 9 nitrogen and oxygen atoms in total. The summed E-state index contributed by atoms with van der Waals surface area (Å²) in [6.07, 6.45) is 1.99. The van der Waals surface area contributed by atoms with E-state index in [1.165, 1.54) is 0 Å². The second-order valence-electron chi connectivity index (χ2n) is 10.7. The maximum Gasteiger partial charge on any atom is 0.256 e. The fourth-order valence-corrected chi connectivity index (χ4v) is 4.94. The lowest BCUT2D eigenvalue weighted by Crippen LogP contribution is -2.44. The average Bonchev–Trinajstić information content (AvgIpc) is 3.38. The lowest BCUT2D eigenvalue weighted by atomic mass is 9.99. The first-order valence-corrected chi connectivity index (χ1v) is 14.1. The molecule has 0 saturated heterocycles. The third-order valence-electron chi connectivity index (χ3n) is 7.28. The summed E-state index contributed by atoms with van der Waals surface area (Å²) < 4.78 is 11.7. The predicted molar refractivity (Wildman–Crippen MR) is 159 cm³/mol. The van der Waals surface area contributed by atoms with Crippen LogP contribution >= 0.6 is 0 Å². The first-order chi connectivity index (χ1) is 18.9. The lowest BCUT2D eigenvalue weighted by Gasteiger charge is -2.28. The van der Waals surface area contributed by atoms with Crippen LogP contribution in [0.5, 0.6) is 5.75 Å². The smallest absolute Gasteiger partial charge is 0.256 e. The molecule has 0 unspecified atom stereocenters. The van der Waals surface area contributed by atoms with Gasteiger partial charge in [0.1, 0.15) is 11.9 Å². The topological polar surface area (TPSA) is 113 Å². The Morgan fingerprint density at radius 3 is 2.50 bits per heavy atom. The Balaban J connectivity index is 1.83. The zero-order valence-corrected chi connectivity index (χ0v) is 25.1. The van der Waals surface area contributed by atoms with Gasteiger partial charge in [-0.3, -0.25) is 14.4 Å². The molecule has 2 heterocycles. The van der Waals surface area contributed by atoms with Crippen LogP contribution in [0.4, 0.5) is 5.69 Å². The molecule has 1 aliphatic rings. The number of aryl methyl sites for hydroxylation is 1. The Morgan fingerprint density at radius 1 is 1.15 bits per heavy atom. The Labute approximate surface area is 237 Å². The van der Waals surface area contributed by atoms with Crippen molar-refractivity contribution >= 4 is 34.9 Å². The molecule has 3 N–H and O–H groups in total. The van der Waals surface area contributed by atoms with E-state index >= 15 is 0 Å². The van der Waals surface area contributed by atoms with Gasteiger partial charge in [0.2, 0.25) is 5.78 Å². The molecule has 2 aromatic rings. The van der Waals surface area contributed by atoms with Gasteiger partial charge in [0.15, 0.2) is 5.60 Å². The van der Waals surface area contributed by atoms with Crippen molar-refractivity contribution in [3.63, 3.8) is 0 Å². The highest BCUT2D eigenvalue weighted by Crippen LogP contribution is 2.37. The van der Waals surface area contributed by atoms with E-state index in [0.717, 1.165) is 37.3 Å². The van der Waals surface area contributed by atoms with Crippen LogP contribution in [0.15, 0.2) is 18.2 Å². The molecule has 0 aliphatic carbocycles. The first kappa shape index (κ1) is 31.1. The highest BCUT2D eigenvalue weighted by molar-refractivity contribution is 6.35. The van der Waals surface area contributed by atoms with E-state index in [4.69, 9.17) is 9.47 Å². The van der Waals surface area contributed by atoms with Crippen molar-refractivity contribution in [2.45, 2.75) is 73.5 Å². The summed E-state index contributed by atoms with van der Waals surface area (Å²) in [5, 5.41) is 5.90. The number of carbonyl (C=O) groups excluding carboxylic acids is 3. The van der Waals surface area contributed by atoms with Gasteiger partial charge in [-0.25, -0.2) is 0 Å². The van der Waals surface area contributed by atoms with Gasteiger partial charge in [0.05, 0.1) is 11.1 Å². The number of rotatable bonds is 14. The number of nitrogens with one attached hydrogen (secondary N) is 3. The normalized spacial score (nSPS) is 14.8. The second kappa shape index (κ2) is 13.3. The molecule has 1 atom stereocenters. The average molecular weight is 553 g/mol. The third kappa shape index (κ3) is 7.01. The standard InChI is InChI=1S/C31H44N4O5/c1-9-16-39-21(6)28(36)31(7,8)40-22-12-13-25-23(17-22)24(29(37)34-25)18-26-19(4)27(20(5)33-26)30(38)32-14-15-35(10-2)11-3/h12-13,17-18,21,33H,9-11,14-16H2,1-8H3,(H,32,38)(H,34,37)/b24-18-/t21-/m0/s1. The van der Waals surface area contributed by atoms with Gasteiger partial charge in [-0.2, -0.15) is 0 Å². The molecule has 0 radical (unpaired) electrons. The van der Waals surface area contributed by atoms with E-state index in [1.54, 1.807) is 45.0 Å². The zero-order chi connectivity index (χ0) is 29.6. The van der Waals surface area contributed by atoms with E-state index in [0.29, 0.717) is 47.0 Å². The molecule has 1 aromatic carbocycles. The minimum atomic E-state index is -1.12. The summed E-state index contributed by atoms with van der Waals surface area (Å²) in [6.45, 7) is 18.8. The predicted octanol–water partition coefficient (Wildman–Crippen LogP) is 4.74. The molecule has 40 heavy (non-hydrogen) atoms. The van der Waals surface area contributed by atoms with Crippen molar-refractivity contribution < 1.29 is 23.9 Å². The molecule has 0 spiro atoms. The number of hydrogen-bond donors (Lipinski definition) is 3. The molecule has 2 amide bonds. The molecule has 1 aliphatic heterocycles. The van der Waals surface area contributed by atoms with E-state index in [2.05, 4.69) is 34.4 Å². The maximum atomic E-state index is 13.0. The molecule has 0 saturated carbocycles. The molecule has 9 heteroatoms. The number of nitrogens with zero attached hydrogens (tertiary/aromatic N) is 1. The molecule has 1 aromatic heterocycles. The number of fused-ring (bicyclic) bond motifs is 1. The molecule has 3 rings (SSSR count). The van der Waals surface area contributed by atoms with Crippen LogP contribution in [0.25, 0.3) is 11.6 Å². The number of likely N-dealkylation sites (N-methyl/N-ethyl adjacent to an activating group) is 1. The van der Waals surface area contributed by atoms with Crippen molar-refractivity contribution in [2.24, 2.45) is 0 Å². The summed E-state index contributed by atoms with van der Waals surface area (Å²) in [6, 6.07) is 5.26. The first-order valence-electron chi connectivity index (χ1n) is 14.1. The number of ether oxygens (including phenoxy) is 2. The fraction of sp³-hybridized carbons (Fsp3) is 0.516. The zero-order valence-electron chi connectivity index (χ0n) is 25.1. The van der Waals surface area contributed by atoms with Crippen LogP contribution in [0.1, 0.15) is 80.8 Å². The Hall–Kier alpha value is -3.43. The van der Waals surface area contributed by atoms with Crippen LogP contribution in [-0.2, 0) is 14.3 Å². The van der Waals surface area contributed by atoms with Crippen LogP contribution in [0.3, 0.4) is 0 Å². The number of aromatic nitrogens is 1. The summed E-state index contributed by atoms with van der Waals surface area (Å²) in [4.78, 5) is 44.4. The Morgan fingerprint density at radius 2 is 1.85 bits per heavy atom. The lowest BCUT2D eigenvalue weighted by molar-refractivity contribution is -0.143. The van der Waals surface area contributed by atoms with Gasteiger partial charge < -0.3 is 30.0 Å². The van der Waals surface area contributed by atoms with Gasteiger partial charge in [0, 0.05) is 42.3 Å². The largest absolute Gasteiger partial charge is 0.480 e. The van der Waals surface area contributed by atoms with Crippen molar-refractivity contribution in [2.75, 3.05) is 38.1 Å². The fourth-order valence-electron chi connectivity index (χ4n) is 4.94. The molecule has 218 valence electrons. The van der Waals surface area contributed by atoms with Gasteiger partial charge in [-0.05, 0) is 84.0 Å². The highest BCUT2D eigenvalue weighted by atomic mass is 16.5. The number of carbonyl (C=O) groups is 3. The van der Waals surface area contributed by atoms with Gasteiger partial charge in [-0.1, -0.05) is 20.8 Å².